The molecule has 41 heavy (non-hydrogen) atoms. The van der Waals surface area contributed by atoms with E-state index in [1.807, 2.05) is 13.8 Å². The molecule has 0 bridgehead atoms. The Morgan fingerprint density at radius 2 is 1.71 bits per heavy atom. The summed E-state index contributed by atoms with van der Waals surface area (Å²) in [7, 11) is 0. The van der Waals surface area contributed by atoms with Crippen LogP contribution in [-0.4, -0.2) is 70.0 Å². The third kappa shape index (κ3) is 4.63. The monoisotopic (exact) mass is 573 g/mol. The SMILES string of the molecule is C[C@H](O)CN[C@H]1C[C@@]2(CCO)[C@H](CCC3=C([C@H](C)C[C@@H](O)[C@H]4OC4(C)C)C(=O)C[C@@]32C)[C@]2(C)CCC(=O)C(C)(C)[C@H]12. The van der Waals surface area contributed by atoms with Crippen molar-refractivity contribution in [1.29, 1.82) is 0 Å². The van der Waals surface area contributed by atoms with Crippen LogP contribution in [0.1, 0.15) is 107 Å². The molecule has 7 nitrogen and oxygen atoms in total. The van der Waals surface area contributed by atoms with Crippen molar-refractivity contribution < 1.29 is 29.6 Å². The number of allylic oxidation sites excluding steroid dienone is 2. The average molecular weight is 574 g/mol. The molecule has 0 aromatic heterocycles. The van der Waals surface area contributed by atoms with Crippen LogP contribution in [0.5, 0.6) is 0 Å². The van der Waals surface area contributed by atoms with Gasteiger partial charge in [0, 0.05) is 42.9 Å². The normalized spacial score (nSPS) is 43.2. The number of hydrogen-bond donors (Lipinski definition) is 4. The predicted molar refractivity (Wildman–Crippen MR) is 158 cm³/mol. The maximum atomic E-state index is 14.0. The van der Waals surface area contributed by atoms with E-state index in [4.69, 9.17) is 4.74 Å². The summed E-state index contributed by atoms with van der Waals surface area (Å²) in [4.78, 5) is 27.3. The number of Topliss-reactive ketones (excluding diaryl/α,β-unsaturated/α-hetero) is 2. The molecule has 5 rings (SSSR count). The summed E-state index contributed by atoms with van der Waals surface area (Å²) in [6.07, 6.45) is 4.18. The van der Waals surface area contributed by atoms with E-state index < -0.39 is 23.0 Å². The van der Waals surface area contributed by atoms with Crippen molar-refractivity contribution in [2.75, 3.05) is 13.2 Å². The van der Waals surface area contributed by atoms with Crippen LogP contribution in [0.2, 0.25) is 0 Å². The second kappa shape index (κ2) is 10.2. The van der Waals surface area contributed by atoms with Gasteiger partial charge in [0.25, 0.3) is 0 Å². The van der Waals surface area contributed by atoms with Crippen LogP contribution in [0.4, 0.5) is 0 Å². The van der Waals surface area contributed by atoms with Gasteiger partial charge in [0.05, 0.1) is 17.8 Å². The number of rotatable bonds is 9. The van der Waals surface area contributed by atoms with E-state index >= 15 is 0 Å². The first kappa shape index (κ1) is 31.3. The molecule has 7 heteroatoms. The van der Waals surface area contributed by atoms with Gasteiger partial charge in [-0.2, -0.15) is 0 Å². The molecule has 1 heterocycles. The van der Waals surface area contributed by atoms with Gasteiger partial charge < -0.3 is 25.4 Å². The van der Waals surface area contributed by atoms with Crippen LogP contribution in [0.3, 0.4) is 0 Å². The fraction of sp³-hybridized carbons (Fsp3) is 0.882. The Bertz CT molecular complexity index is 1110. The molecule has 232 valence electrons. The minimum absolute atomic E-state index is 0.0135. The number of hydrogen-bond acceptors (Lipinski definition) is 7. The highest BCUT2D eigenvalue weighted by Gasteiger charge is 2.71. The summed E-state index contributed by atoms with van der Waals surface area (Å²) >= 11 is 0. The van der Waals surface area contributed by atoms with E-state index in [-0.39, 0.29) is 58.7 Å². The molecule has 1 saturated heterocycles. The van der Waals surface area contributed by atoms with E-state index in [1.165, 1.54) is 5.57 Å². The second-order valence-corrected chi connectivity index (χ2v) is 16.1. The topological polar surface area (TPSA) is 119 Å². The molecule has 4 fully saturated rings. The summed E-state index contributed by atoms with van der Waals surface area (Å²) in [5.41, 5.74) is 0.482. The summed E-state index contributed by atoms with van der Waals surface area (Å²) in [6.45, 7) is 17.2. The number of ether oxygens (including phenoxy) is 1. The van der Waals surface area contributed by atoms with Crippen LogP contribution in [0.15, 0.2) is 11.1 Å². The summed E-state index contributed by atoms with van der Waals surface area (Å²) < 4.78 is 5.71. The number of epoxide rings is 1. The van der Waals surface area contributed by atoms with Crippen molar-refractivity contribution in [1.82, 2.24) is 5.32 Å². The van der Waals surface area contributed by atoms with Gasteiger partial charge in [-0.15, -0.1) is 0 Å². The van der Waals surface area contributed by atoms with Crippen molar-refractivity contribution in [3.05, 3.63) is 11.1 Å². The van der Waals surface area contributed by atoms with Gasteiger partial charge in [0.2, 0.25) is 0 Å². The highest BCUT2D eigenvalue weighted by molar-refractivity contribution is 6.00. The molecule has 4 aliphatic carbocycles. The Morgan fingerprint density at radius 1 is 1.05 bits per heavy atom. The third-order valence-electron chi connectivity index (χ3n) is 12.9. The average Bonchev–Trinajstić information content (AvgIpc) is 3.41. The fourth-order valence-electron chi connectivity index (χ4n) is 11.2. The maximum Gasteiger partial charge on any atom is 0.159 e. The smallest absolute Gasteiger partial charge is 0.159 e. The lowest BCUT2D eigenvalue weighted by atomic mass is 9.34. The zero-order chi connectivity index (χ0) is 30.3. The van der Waals surface area contributed by atoms with E-state index in [9.17, 15) is 24.9 Å². The zero-order valence-electron chi connectivity index (χ0n) is 26.7. The zero-order valence-corrected chi connectivity index (χ0v) is 26.7. The predicted octanol–water partition coefficient (Wildman–Crippen LogP) is 4.36. The lowest BCUT2D eigenvalue weighted by Gasteiger charge is -2.70. The molecular weight excluding hydrogens is 518 g/mol. The van der Waals surface area contributed by atoms with Crippen LogP contribution in [-0.2, 0) is 14.3 Å². The van der Waals surface area contributed by atoms with Crippen LogP contribution >= 0.6 is 0 Å². The molecule has 0 radical (unpaired) electrons. The Kier molecular flexibility index (Phi) is 7.81. The lowest BCUT2D eigenvalue weighted by Crippen LogP contribution is -2.69. The number of aliphatic hydroxyl groups is 3. The fourth-order valence-corrected chi connectivity index (χ4v) is 11.2. The largest absolute Gasteiger partial charge is 0.396 e. The number of nitrogens with one attached hydrogen (secondary N) is 1. The van der Waals surface area contributed by atoms with Gasteiger partial charge in [-0.05, 0) is 93.5 Å². The lowest BCUT2D eigenvalue weighted by molar-refractivity contribution is -0.200. The molecule has 4 N–H and O–H groups in total. The highest BCUT2D eigenvalue weighted by Crippen LogP contribution is 2.75. The Morgan fingerprint density at radius 3 is 2.29 bits per heavy atom. The summed E-state index contributed by atoms with van der Waals surface area (Å²) in [6, 6.07) is -0.0135. The van der Waals surface area contributed by atoms with Gasteiger partial charge in [-0.1, -0.05) is 40.2 Å². The molecule has 0 spiro atoms. The number of carbonyl (C=O) groups excluding carboxylic acids is 2. The molecule has 3 saturated carbocycles. The number of ketones is 2. The Balaban J connectivity index is 1.58. The summed E-state index contributed by atoms with van der Waals surface area (Å²) in [5, 5.41) is 35.5. The number of carbonyl (C=O) groups is 2. The molecule has 0 unspecified atom stereocenters. The standard InChI is InChI=1S/C34H55NO6/c1-19(15-23(38)29-31(5,6)41-29)27-21-9-10-25-32(7)12-11-26(40)30(3,4)28(32)22(35-18-20(2)37)16-34(25,13-14-36)33(21,8)17-24(27)39/h19-20,22-23,25,28-29,35-38H,9-18H2,1-8H3/t19-,20+,22+,23-,25-,28+,29-,32+,33+,34+/m1/s1. The van der Waals surface area contributed by atoms with Gasteiger partial charge >= 0.3 is 0 Å². The molecule has 10 atom stereocenters. The Hall–Kier alpha value is -1.12. The number of aliphatic hydroxyl groups excluding tert-OH is 3. The molecule has 0 aromatic rings. The van der Waals surface area contributed by atoms with Crippen molar-refractivity contribution in [2.45, 2.75) is 137 Å². The highest BCUT2D eigenvalue weighted by atomic mass is 16.6. The van der Waals surface area contributed by atoms with Crippen molar-refractivity contribution in [3.63, 3.8) is 0 Å². The maximum absolute atomic E-state index is 14.0. The van der Waals surface area contributed by atoms with Crippen molar-refractivity contribution >= 4 is 11.6 Å². The quantitative estimate of drug-likeness (QED) is 0.303. The first-order valence-electron chi connectivity index (χ1n) is 16.1. The van der Waals surface area contributed by atoms with Crippen LogP contribution in [0, 0.1) is 39.4 Å². The van der Waals surface area contributed by atoms with Crippen LogP contribution in [0.25, 0.3) is 0 Å². The minimum Gasteiger partial charge on any atom is -0.396 e. The molecule has 5 aliphatic rings. The second-order valence-electron chi connectivity index (χ2n) is 16.1. The molecular formula is C34H55NO6. The van der Waals surface area contributed by atoms with E-state index in [1.54, 1.807) is 6.92 Å². The van der Waals surface area contributed by atoms with Crippen LogP contribution < -0.4 is 5.32 Å². The minimum atomic E-state index is -0.610. The van der Waals surface area contributed by atoms with E-state index in [0.717, 1.165) is 31.3 Å². The third-order valence-corrected chi connectivity index (χ3v) is 12.9. The van der Waals surface area contributed by atoms with Crippen molar-refractivity contribution in [2.24, 2.45) is 39.4 Å². The first-order chi connectivity index (χ1) is 19.0. The summed E-state index contributed by atoms with van der Waals surface area (Å²) in [5.74, 6) is 0.810. The molecule has 1 aliphatic heterocycles. The van der Waals surface area contributed by atoms with Gasteiger partial charge in [0.1, 0.15) is 11.9 Å². The van der Waals surface area contributed by atoms with Crippen molar-refractivity contribution in [3.8, 4) is 0 Å². The van der Waals surface area contributed by atoms with E-state index in [0.29, 0.717) is 38.0 Å². The number of fused-ring (bicyclic) bond motifs is 5. The van der Waals surface area contributed by atoms with Gasteiger partial charge in [0.15, 0.2) is 5.78 Å². The first-order valence-corrected chi connectivity index (χ1v) is 16.1. The van der Waals surface area contributed by atoms with Gasteiger partial charge in [-0.3, -0.25) is 9.59 Å². The van der Waals surface area contributed by atoms with E-state index in [2.05, 4.69) is 39.9 Å². The van der Waals surface area contributed by atoms with Gasteiger partial charge in [-0.25, -0.2) is 0 Å². The Labute approximate surface area is 246 Å². The molecule has 0 amide bonds. The molecule has 0 aromatic carbocycles.